The van der Waals surface area contributed by atoms with Gasteiger partial charge in [0.1, 0.15) is 5.75 Å². The van der Waals surface area contributed by atoms with Crippen LogP contribution in [0.2, 0.25) is 0 Å². The van der Waals surface area contributed by atoms with Crippen molar-refractivity contribution in [2.24, 2.45) is 5.73 Å². The summed E-state index contributed by atoms with van der Waals surface area (Å²) in [6.07, 6.45) is 0.920. The lowest BCUT2D eigenvalue weighted by Crippen LogP contribution is -2.09. The number of aromatic hydroxyl groups is 1. The van der Waals surface area contributed by atoms with Crippen molar-refractivity contribution in [1.29, 1.82) is 0 Å². The highest BCUT2D eigenvalue weighted by molar-refractivity contribution is 5.85. The van der Waals surface area contributed by atoms with E-state index in [1.54, 1.807) is 0 Å². The Labute approximate surface area is 91.5 Å². The predicted octanol–water partition coefficient (Wildman–Crippen LogP) is 2.84. The summed E-state index contributed by atoms with van der Waals surface area (Å²) >= 11 is 0. The zero-order valence-electron chi connectivity index (χ0n) is 8.87. The Morgan fingerprint density at radius 1 is 1.29 bits per heavy atom. The van der Waals surface area contributed by atoms with Gasteiger partial charge in [-0.3, -0.25) is 0 Å². The molecular formula is C11H18ClNO. The molecule has 2 nitrogen and oxygen atoms in total. The first kappa shape index (κ1) is 13.3. The summed E-state index contributed by atoms with van der Waals surface area (Å²) < 4.78 is 0. The first-order valence-corrected chi connectivity index (χ1v) is 4.62. The van der Waals surface area contributed by atoms with Crippen LogP contribution in [0.15, 0.2) is 12.1 Å². The first-order chi connectivity index (χ1) is 6.06. The molecule has 0 saturated carbocycles. The quantitative estimate of drug-likeness (QED) is 0.797. The van der Waals surface area contributed by atoms with Crippen molar-refractivity contribution >= 4 is 12.4 Å². The maximum atomic E-state index is 9.54. The zero-order valence-corrected chi connectivity index (χ0v) is 9.69. The number of phenols is 1. The van der Waals surface area contributed by atoms with E-state index in [2.05, 4.69) is 6.92 Å². The van der Waals surface area contributed by atoms with E-state index >= 15 is 0 Å². The van der Waals surface area contributed by atoms with Crippen molar-refractivity contribution in [3.05, 3.63) is 28.8 Å². The Bertz CT molecular complexity index is 289. The molecule has 3 N–H and O–H groups in total. The minimum Gasteiger partial charge on any atom is -0.507 e. The summed E-state index contributed by atoms with van der Waals surface area (Å²) in [5.41, 5.74) is 8.81. The number of phenolic OH excluding ortho intramolecular Hbond substituents is 1. The highest BCUT2D eigenvalue weighted by Gasteiger charge is 2.07. The highest BCUT2D eigenvalue weighted by atomic mass is 35.5. The summed E-state index contributed by atoms with van der Waals surface area (Å²) in [6, 6.07) is 3.99. The van der Waals surface area contributed by atoms with Crippen LogP contribution in [0.5, 0.6) is 5.75 Å². The molecule has 0 heterocycles. The summed E-state index contributed by atoms with van der Waals surface area (Å²) in [4.78, 5) is 0. The fourth-order valence-corrected chi connectivity index (χ4v) is 1.44. The Hall–Kier alpha value is -0.730. The molecule has 0 aromatic heterocycles. The molecule has 0 aliphatic carbocycles. The number of halogens is 1. The van der Waals surface area contributed by atoms with Crippen molar-refractivity contribution in [3.8, 4) is 5.75 Å². The van der Waals surface area contributed by atoms with Crippen LogP contribution in [0.1, 0.15) is 36.1 Å². The summed E-state index contributed by atoms with van der Waals surface area (Å²) in [5.74, 6) is 0.382. The molecule has 1 rings (SSSR count). The monoisotopic (exact) mass is 215 g/mol. The number of aryl methyl sites for hydroxylation is 2. The van der Waals surface area contributed by atoms with Gasteiger partial charge in [0.05, 0.1) is 0 Å². The summed E-state index contributed by atoms with van der Waals surface area (Å²) in [7, 11) is 0. The van der Waals surface area contributed by atoms with E-state index in [0.717, 1.165) is 23.1 Å². The summed E-state index contributed by atoms with van der Waals surface area (Å²) in [5, 5.41) is 9.54. The highest BCUT2D eigenvalue weighted by Crippen LogP contribution is 2.26. The van der Waals surface area contributed by atoms with Gasteiger partial charge in [-0.2, -0.15) is 0 Å². The van der Waals surface area contributed by atoms with Gasteiger partial charge in [-0.25, -0.2) is 0 Å². The second-order valence-electron chi connectivity index (χ2n) is 3.52. The van der Waals surface area contributed by atoms with Gasteiger partial charge in [0.15, 0.2) is 0 Å². The normalized spacial score (nSPS) is 12.0. The number of benzene rings is 1. The number of hydrogen-bond acceptors (Lipinski definition) is 2. The predicted molar refractivity (Wildman–Crippen MR) is 62.0 cm³/mol. The second kappa shape index (κ2) is 5.23. The number of hydrogen-bond donors (Lipinski definition) is 2. The molecule has 0 unspecified atom stereocenters. The molecule has 1 aromatic rings. The summed E-state index contributed by atoms with van der Waals surface area (Å²) in [6.45, 7) is 5.85. The van der Waals surface area contributed by atoms with Crippen LogP contribution in [0.4, 0.5) is 0 Å². The molecule has 3 heteroatoms. The molecule has 0 aliphatic rings. The third-order valence-corrected chi connectivity index (χ3v) is 2.38. The SMILES string of the molecule is CC[C@H](N)c1cc(C)c(O)c(C)c1.Cl. The van der Waals surface area contributed by atoms with E-state index < -0.39 is 0 Å². The van der Waals surface area contributed by atoms with Gasteiger partial charge in [-0.15, -0.1) is 12.4 Å². The van der Waals surface area contributed by atoms with Crippen LogP contribution in [-0.4, -0.2) is 5.11 Å². The fourth-order valence-electron chi connectivity index (χ4n) is 1.44. The van der Waals surface area contributed by atoms with E-state index in [4.69, 9.17) is 5.73 Å². The molecule has 0 bridgehead atoms. The molecular weight excluding hydrogens is 198 g/mol. The standard InChI is InChI=1S/C11H17NO.ClH/c1-4-10(12)9-5-7(2)11(13)8(3)6-9;/h5-6,10,13H,4,12H2,1-3H3;1H/t10-;/m0./s1. The van der Waals surface area contributed by atoms with Crippen LogP contribution in [-0.2, 0) is 0 Å². The minimum absolute atomic E-state index is 0. The average Bonchev–Trinajstić information content (AvgIpc) is 2.12. The van der Waals surface area contributed by atoms with Crippen LogP contribution in [0, 0.1) is 13.8 Å². The lowest BCUT2D eigenvalue weighted by molar-refractivity contribution is 0.466. The van der Waals surface area contributed by atoms with Gasteiger partial charge in [-0.05, 0) is 37.0 Å². The van der Waals surface area contributed by atoms with Crippen molar-refractivity contribution in [1.82, 2.24) is 0 Å². The molecule has 14 heavy (non-hydrogen) atoms. The van der Waals surface area contributed by atoms with Crippen LogP contribution in [0.3, 0.4) is 0 Å². The van der Waals surface area contributed by atoms with E-state index in [-0.39, 0.29) is 18.4 Å². The molecule has 0 aliphatic heterocycles. The number of rotatable bonds is 2. The lowest BCUT2D eigenvalue weighted by atomic mass is 9.99. The van der Waals surface area contributed by atoms with Gasteiger partial charge in [0.2, 0.25) is 0 Å². The van der Waals surface area contributed by atoms with Crippen molar-refractivity contribution in [2.45, 2.75) is 33.2 Å². The fraction of sp³-hybridized carbons (Fsp3) is 0.455. The first-order valence-electron chi connectivity index (χ1n) is 4.62. The van der Waals surface area contributed by atoms with E-state index in [1.807, 2.05) is 26.0 Å². The Morgan fingerprint density at radius 2 is 1.71 bits per heavy atom. The molecule has 80 valence electrons. The third kappa shape index (κ3) is 2.63. The van der Waals surface area contributed by atoms with Crippen LogP contribution in [0.25, 0.3) is 0 Å². The molecule has 0 amide bonds. The maximum absolute atomic E-state index is 9.54. The average molecular weight is 216 g/mol. The molecule has 1 atom stereocenters. The van der Waals surface area contributed by atoms with Crippen LogP contribution >= 0.6 is 12.4 Å². The molecule has 0 fully saturated rings. The van der Waals surface area contributed by atoms with Crippen molar-refractivity contribution in [2.75, 3.05) is 0 Å². The van der Waals surface area contributed by atoms with Crippen molar-refractivity contribution < 1.29 is 5.11 Å². The lowest BCUT2D eigenvalue weighted by Gasteiger charge is -2.12. The van der Waals surface area contributed by atoms with Crippen LogP contribution < -0.4 is 5.73 Å². The zero-order chi connectivity index (χ0) is 10.0. The Kier molecular flexibility index (Phi) is 4.95. The second-order valence-corrected chi connectivity index (χ2v) is 3.52. The van der Waals surface area contributed by atoms with Gasteiger partial charge in [-0.1, -0.05) is 19.1 Å². The van der Waals surface area contributed by atoms with E-state index in [0.29, 0.717) is 5.75 Å². The minimum atomic E-state index is 0. The molecule has 1 aromatic carbocycles. The third-order valence-electron chi connectivity index (χ3n) is 2.38. The van der Waals surface area contributed by atoms with Crippen molar-refractivity contribution in [3.63, 3.8) is 0 Å². The topological polar surface area (TPSA) is 46.2 Å². The molecule has 0 spiro atoms. The van der Waals surface area contributed by atoms with E-state index in [9.17, 15) is 5.11 Å². The Morgan fingerprint density at radius 3 is 2.07 bits per heavy atom. The van der Waals surface area contributed by atoms with Gasteiger partial charge in [0, 0.05) is 6.04 Å². The van der Waals surface area contributed by atoms with Gasteiger partial charge in [0.25, 0.3) is 0 Å². The van der Waals surface area contributed by atoms with Gasteiger partial charge >= 0.3 is 0 Å². The largest absolute Gasteiger partial charge is 0.507 e. The molecule has 0 saturated heterocycles. The van der Waals surface area contributed by atoms with E-state index in [1.165, 1.54) is 0 Å². The Balaban J connectivity index is 0.00000169. The number of nitrogens with two attached hydrogens (primary N) is 1. The van der Waals surface area contributed by atoms with Gasteiger partial charge < -0.3 is 10.8 Å². The maximum Gasteiger partial charge on any atom is 0.121 e. The smallest absolute Gasteiger partial charge is 0.121 e. The molecule has 0 radical (unpaired) electrons.